The van der Waals surface area contributed by atoms with Gasteiger partial charge in [0.05, 0.1) is 6.61 Å². The molecule has 2 rings (SSSR count). The number of hydrogen-bond donors (Lipinski definition) is 1. The van der Waals surface area contributed by atoms with E-state index < -0.39 is 0 Å². The van der Waals surface area contributed by atoms with Gasteiger partial charge in [0.15, 0.2) is 0 Å². The lowest BCUT2D eigenvalue weighted by molar-refractivity contribution is 0.0660. The van der Waals surface area contributed by atoms with Crippen LogP contribution in [-0.4, -0.2) is 36.5 Å². The van der Waals surface area contributed by atoms with E-state index in [1.807, 2.05) is 43.9 Å². The first-order valence-electron chi connectivity index (χ1n) is 7.81. The third kappa shape index (κ3) is 3.76. The normalized spacial score (nSPS) is 20.2. The van der Waals surface area contributed by atoms with Gasteiger partial charge in [-0.1, -0.05) is 6.07 Å². The van der Waals surface area contributed by atoms with Crippen molar-refractivity contribution in [2.75, 3.05) is 19.7 Å². The Labute approximate surface area is 127 Å². The second-order valence-electron chi connectivity index (χ2n) is 5.93. The largest absolute Gasteiger partial charge is 0.494 e. The fraction of sp³-hybridized carbons (Fsp3) is 0.588. The van der Waals surface area contributed by atoms with E-state index in [1.165, 1.54) is 0 Å². The zero-order chi connectivity index (χ0) is 15.4. The summed E-state index contributed by atoms with van der Waals surface area (Å²) in [5.41, 5.74) is 7.75. The van der Waals surface area contributed by atoms with Gasteiger partial charge in [-0.15, -0.1) is 0 Å². The Morgan fingerprint density at radius 2 is 2.29 bits per heavy atom. The van der Waals surface area contributed by atoms with Gasteiger partial charge < -0.3 is 15.4 Å². The molecule has 1 heterocycles. The van der Waals surface area contributed by atoms with Crippen molar-refractivity contribution in [3.05, 3.63) is 29.3 Å². The van der Waals surface area contributed by atoms with Crippen LogP contribution in [-0.2, 0) is 0 Å². The summed E-state index contributed by atoms with van der Waals surface area (Å²) in [5.74, 6) is 1.28. The third-order valence-corrected chi connectivity index (χ3v) is 4.22. The summed E-state index contributed by atoms with van der Waals surface area (Å²) < 4.78 is 5.58. The van der Waals surface area contributed by atoms with Gasteiger partial charge in [0.25, 0.3) is 5.91 Å². The van der Waals surface area contributed by atoms with E-state index in [-0.39, 0.29) is 11.9 Å². The van der Waals surface area contributed by atoms with Crippen LogP contribution in [0.1, 0.15) is 42.6 Å². The average Bonchev–Trinajstić information content (AvgIpc) is 2.49. The van der Waals surface area contributed by atoms with Crippen molar-refractivity contribution in [3.8, 4) is 5.75 Å². The smallest absolute Gasteiger partial charge is 0.253 e. The van der Waals surface area contributed by atoms with Crippen molar-refractivity contribution in [1.82, 2.24) is 4.90 Å². The van der Waals surface area contributed by atoms with Crippen LogP contribution in [0.5, 0.6) is 5.75 Å². The lowest BCUT2D eigenvalue weighted by Gasteiger charge is -2.34. The molecule has 4 nitrogen and oxygen atoms in total. The molecule has 0 saturated carbocycles. The number of rotatable bonds is 4. The number of carbonyl (C=O) groups is 1. The zero-order valence-corrected chi connectivity index (χ0v) is 13.3. The molecule has 2 atom stereocenters. The molecular weight excluding hydrogens is 264 g/mol. The second kappa shape index (κ2) is 6.94. The van der Waals surface area contributed by atoms with E-state index in [0.29, 0.717) is 18.1 Å². The Morgan fingerprint density at radius 1 is 1.52 bits per heavy atom. The van der Waals surface area contributed by atoms with E-state index in [2.05, 4.69) is 0 Å². The van der Waals surface area contributed by atoms with Crippen molar-refractivity contribution in [2.45, 2.75) is 39.7 Å². The molecule has 4 heteroatoms. The number of nitrogens with two attached hydrogens (primary N) is 1. The summed E-state index contributed by atoms with van der Waals surface area (Å²) in [5, 5.41) is 0. The topological polar surface area (TPSA) is 55.6 Å². The monoisotopic (exact) mass is 290 g/mol. The van der Waals surface area contributed by atoms with Crippen LogP contribution in [0.3, 0.4) is 0 Å². The highest BCUT2D eigenvalue weighted by Crippen LogP contribution is 2.24. The molecule has 1 aromatic rings. The molecule has 1 aliphatic rings. The molecule has 1 aromatic carbocycles. The molecule has 0 spiro atoms. The first-order valence-corrected chi connectivity index (χ1v) is 7.81. The zero-order valence-electron chi connectivity index (χ0n) is 13.3. The van der Waals surface area contributed by atoms with Gasteiger partial charge >= 0.3 is 0 Å². The number of piperidine rings is 1. The van der Waals surface area contributed by atoms with Gasteiger partial charge in [-0.05, 0) is 57.2 Å². The summed E-state index contributed by atoms with van der Waals surface area (Å²) in [4.78, 5) is 14.6. The fourth-order valence-corrected chi connectivity index (χ4v) is 2.85. The standard InChI is InChI=1S/C17H26N2O2/c1-4-21-16-10-14(8-7-12(16)2)17(20)19-9-5-6-15(11-19)13(3)18/h7-8,10,13,15H,4-6,9,11,18H2,1-3H3/t13-,15-/m1/s1. The molecule has 0 aromatic heterocycles. The van der Waals surface area contributed by atoms with E-state index in [0.717, 1.165) is 37.2 Å². The van der Waals surface area contributed by atoms with Gasteiger partial charge in [-0.2, -0.15) is 0 Å². The van der Waals surface area contributed by atoms with Crippen LogP contribution in [0.4, 0.5) is 0 Å². The maximum Gasteiger partial charge on any atom is 0.253 e. The molecular formula is C17H26N2O2. The van der Waals surface area contributed by atoms with E-state index in [9.17, 15) is 4.79 Å². The van der Waals surface area contributed by atoms with E-state index >= 15 is 0 Å². The number of hydrogen-bond acceptors (Lipinski definition) is 3. The Bertz CT molecular complexity index is 500. The number of ether oxygens (including phenoxy) is 1. The maximum atomic E-state index is 12.7. The minimum atomic E-state index is 0.0845. The minimum Gasteiger partial charge on any atom is -0.494 e. The van der Waals surface area contributed by atoms with Crippen molar-refractivity contribution in [1.29, 1.82) is 0 Å². The van der Waals surface area contributed by atoms with Crippen LogP contribution in [0.15, 0.2) is 18.2 Å². The lowest BCUT2D eigenvalue weighted by atomic mass is 9.92. The molecule has 1 amide bonds. The first-order chi connectivity index (χ1) is 10.0. The molecule has 1 saturated heterocycles. The number of likely N-dealkylation sites (tertiary alicyclic amines) is 1. The van der Waals surface area contributed by atoms with Crippen LogP contribution in [0.25, 0.3) is 0 Å². The van der Waals surface area contributed by atoms with Crippen molar-refractivity contribution < 1.29 is 9.53 Å². The Kier molecular flexibility index (Phi) is 5.23. The highest BCUT2D eigenvalue weighted by atomic mass is 16.5. The Hall–Kier alpha value is -1.55. The van der Waals surface area contributed by atoms with Gasteiger partial charge in [-0.3, -0.25) is 4.79 Å². The molecule has 2 N–H and O–H groups in total. The molecule has 0 aliphatic carbocycles. The van der Waals surface area contributed by atoms with Crippen molar-refractivity contribution in [3.63, 3.8) is 0 Å². The summed E-state index contributed by atoms with van der Waals surface area (Å²) in [6.07, 6.45) is 2.14. The van der Waals surface area contributed by atoms with Gasteiger partial charge in [0.2, 0.25) is 0 Å². The summed E-state index contributed by atoms with van der Waals surface area (Å²) in [6.45, 7) is 8.15. The van der Waals surface area contributed by atoms with Gasteiger partial charge in [0.1, 0.15) is 5.75 Å². The average molecular weight is 290 g/mol. The van der Waals surface area contributed by atoms with Crippen molar-refractivity contribution >= 4 is 5.91 Å². The number of benzene rings is 1. The number of aryl methyl sites for hydroxylation is 1. The van der Waals surface area contributed by atoms with E-state index in [4.69, 9.17) is 10.5 Å². The summed E-state index contributed by atoms with van der Waals surface area (Å²) >= 11 is 0. The number of nitrogens with zero attached hydrogens (tertiary/aromatic N) is 1. The predicted octanol–water partition coefficient (Wildman–Crippen LogP) is 2.59. The molecule has 0 unspecified atom stereocenters. The molecule has 21 heavy (non-hydrogen) atoms. The summed E-state index contributed by atoms with van der Waals surface area (Å²) in [7, 11) is 0. The van der Waals surface area contributed by atoms with Crippen LogP contribution in [0, 0.1) is 12.8 Å². The molecule has 0 radical (unpaired) electrons. The molecule has 1 aliphatic heterocycles. The first kappa shape index (κ1) is 15.8. The minimum absolute atomic E-state index is 0.0845. The fourth-order valence-electron chi connectivity index (χ4n) is 2.85. The van der Waals surface area contributed by atoms with Crippen LogP contribution >= 0.6 is 0 Å². The quantitative estimate of drug-likeness (QED) is 0.927. The molecule has 116 valence electrons. The number of carbonyl (C=O) groups excluding carboxylic acids is 1. The second-order valence-corrected chi connectivity index (χ2v) is 5.93. The van der Waals surface area contributed by atoms with Gasteiger partial charge in [0, 0.05) is 24.7 Å². The Morgan fingerprint density at radius 3 is 2.95 bits per heavy atom. The predicted molar refractivity (Wildman–Crippen MR) is 84.6 cm³/mol. The highest BCUT2D eigenvalue weighted by molar-refractivity contribution is 5.94. The van der Waals surface area contributed by atoms with Crippen LogP contribution < -0.4 is 10.5 Å². The Balaban J connectivity index is 2.14. The van der Waals surface area contributed by atoms with Crippen LogP contribution in [0.2, 0.25) is 0 Å². The maximum absolute atomic E-state index is 12.7. The lowest BCUT2D eigenvalue weighted by Crippen LogP contribution is -2.45. The SMILES string of the molecule is CCOc1cc(C(=O)N2CCC[C@@H]([C@@H](C)N)C2)ccc1C. The van der Waals surface area contributed by atoms with Gasteiger partial charge in [-0.25, -0.2) is 0 Å². The number of amides is 1. The molecule has 0 bridgehead atoms. The van der Waals surface area contributed by atoms with Crippen molar-refractivity contribution in [2.24, 2.45) is 11.7 Å². The molecule has 1 fully saturated rings. The van der Waals surface area contributed by atoms with E-state index in [1.54, 1.807) is 0 Å². The third-order valence-electron chi connectivity index (χ3n) is 4.22. The highest BCUT2D eigenvalue weighted by Gasteiger charge is 2.26. The summed E-state index contributed by atoms with van der Waals surface area (Å²) in [6, 6.07) is 5.83.